The smallest absolute Gasteiger partial charge is 0.400 e. The van der Waals surface area contributed by atoms with E-state index in [0.29, 0.717) is 12.8 Å². The topological polar surface area (TPSA) is 93.3 Å². The minimum atomic E-state index is -5.50. The molecular weight excluding hydrogens is 501 g/mol. The molecule has 2 aliphatic rings. The maximum Gasteiger partial charge on any atom is 0.400 e. The van der Waals surface area contributed by atoms with Crippen molar-refractivity contribution < 1.29 is 35.5 Å². The van der Waals surface area contributed by atoms with Crippen molar-refractivity contribution in [3.05, 3.63) is 32.2 Å². The van der Waals surface area contributed by atoms with E-state index in [1.54, 1.807) is 0 Å². The number of benzene rings is 1. The third kappa shape index (κ3) is 4.55. The molecule has 0 spiro atoms. The lowest BCUT2D eigenvalue weighted by Crippen LogP contribution is -2.43. The lowest BCUT2D eigenvalue weighted by molar-refractivity contribution is -0.287. The number of H-pyrrole nitrogens is 1. The predicted octanol–water partition coefficient (Wildman–Crippen LogP) is 3.77. The number of aryl methyl sites for hydroxylation is 1. The standard InChI is InChI=1S/C22H25F7N4O3/c1-9-14-16(33(11-3-4-11)20(35)31-19(14)34)18(36-2)17(15(9)23)32-6-5-10(8-32)12(30)7-13(21(24,25)26)22(27,28)29/h10-13H,3-8,30H2,1-2H3,(H,31,34,35). The summed E-state index contributed by atoms with van der Waals surface area (Å²) in [6.07, 6.45) is -10.9. The quantitative estimate of drug-likeness (QED) is 0.560. The molecule has 4 rings (SSSR count). The number of alkyl halides is 6. The van der Waals surface area contributed by atoms with Gasteiger partial charge < -0.3 is 15.4 Å². The van der Waals surface area contributed by atoms with Crippen LogP contribution in [0.25, 0.3) is 10.9 Å². The molecule has 14 heteroatoms. The fraction of sp³-hybridized carbons (Fsp3) is 0.636. The molecule has 0 bridgehead atoms. The molecule has 36 heavy (non-hydrogen) atoms. The van der Waals surface area contributed by atoms with Gasteiger partial charge in [0.05, 0.1) is 12.5 Å². The van der Waals surface area contributed by atoms with Gasteiger partial charge in [0, 0.05) is 30.7 Å². The number of aromatic amines is 1. The van der Waals surface area contributed by atoms with E-state index in [1.165, 1.54) is 23.5 Å². The normalized spacial score (nSPS) is 20.0. The van der Waals surface area contributed by atoms with Crippen LogP contribution >= 0.6 is 0 Å². The molecule has 2 aromatic rings. The van der Waals surface area contributed by atoms with Crippen LogP contribution in [0.1, 0.15) is 37.3 Å². The van der Waals surface area contributed by atoms with E-state index >= 15 is 4.39 Å². The first-order valence-electron chi connectivity index (χ1n) is 11.3. The van der Waals surface area contributed by atoms with Crippen molar-refractivity contribution in [3.8, 4) is 5.75 Å². The van der Waals surface area contributed by atoms with E-state index in [0.717, 1.165) is 0 Å². The number of ether oxygens (including phenoxy) is 1. The molecule has 7 nitrogen and oxygen atoms in total. The third-order valence-electron chi connectivity index (χ3n) is 7.05. The summed E-state index contributed by atoms with van der Waals surface area (Å²) in [5, 5.41) is -0.0646. The Morgan fingerprint density at radius 2 is 1.72 bits per heavy atom. The Balaban J connectivity index is 1.73. The Morgan fingerprint density at radius 1 is 1.11 bits per heavy atom. The number of nitrogens with two attached hydrogens (primary N) is 1. The molecule has 2 heterocycles. The lowest BCUT2D eigenvalue weighted by Gasteiger charge is -2.29. The third-order valence-corrected chi connectivity index (χ3v) is 7.05. The average molecular weight is 526 g/mol. The summed E-state index contributed by atoms with van der Waals surface area (Å²) < 4.78 is 101. The van der Waals surface area contributed by atoms with E-state index < -0.39 is 53.7 Å². The highest BCUT2D eigenvalue weighted by atomic mass is 19.4. The first kappa shape index (κ1) is 26.3. The highest BCUT2D eigenvalue weighted by Crippen LogP contribution is 2.46. The minimum absolute atomic E-state index is 0.0570. The highest BCUT2D eigenvalue weighted by Gasteiger charge is 2.57. The molecule has 1 aliphatic carbocycles. The fourth-order valence-electron chi connectivity index (χ4n) is 5.03. The Bertz CT molecular complexity index is 1270. The molecule has 2 fully saturated rings. The van der Waals surface area contributed by atoms with Gasteiger partial charge in [-0.3, -0.25) is 14.3 Å². The summed E-state index contributed by atoms with van der Waals surface area (Å²) in [5.41, 5.74) is 4.27. The zero-order chi connectivity index (χ0) is 26.7. The zero-order valence-corrected chi connectivity index (χ0v) is 19.4. The van der Waals surface area contributed by atoms with Gasteiger partial charge in [-0.1, -0.05) is 0 Å². The van der Waals surface area contributed by atoms with Crippen molar-refractivity contribution in [3.63, 3.8) is 0 Å². The van der Waals surface area contributed by atoms with Crippen LogP contribution in [0.3, 0.4) is 0 Å². The molecule has 3 N–H and O–H groups in total. The number of hydrogen-bond acceptors (Lipinski definition) is 5. The Morgan fingerprint density at radius 3 is 2.25 bits per heavy atom. The number of halogens is 7. The van der Waals surface area contributed by atoms with Gasteiger partial charge in [0.1, 0.15) is 11.2 Å². The number of anilines is 1. The second-order valence-corrected chi connectivity index (χ2v) is 9.44. The van der Waals surface area contributed by atoms with Crippen LogP contribution in [0.2, 0.25) is 0 Å². The number of nitrogens with zero attached hydrogens (tertiary/aromatic N) is 2. The number of methoxy groups -OCH3 is 1. The highest BCUT2D eigenvalue weighted by molar-refractivity contribution is 5.93. The van der Waals surface area contributed by atoms with Crippen molar-refractivity contribution in [2.75, 3.05) is 25.1 Å². The molecule has 0 radical (unpaired) electrons. The first-order valence-corrected chi connectivity index (χ1v) is 11.3. The number of hydrogen-bond donors (Lipinski definition) is 2. The van der Waals surface area contributed by atoms with Gasteiger partial charge in [-0.15, -0.1) is 0 Å². The van der Waals surface area contributed by atoms with Gasteiger partial charge in [-0.2, -0.15) is 26.3 Å². The fourth-order valence-corrected chi connectivity index (χ4v) is 5.03. The number of nitrogens with one attached hydrogen (secondary N) is 1. The molecular formula is C22H25F7N4O3. The summed E-state index contributed by atoms with van der Waals surface area (Å²) >= 11 is 0. The van der Waals surface area contributed by atoms with Crippen LogP contribution in [-0.2, 0) is 0 Å². The van der Waals surface area contributed by atoms with Gasteiger partial charge in [-0.25, -0.2) is 9.18 Å². The van der Waals surface area contributed by atoms with Crippen molar-refractivity contribution in [1.82, 2.24) is 9.55 Å². The average Bonchev–Trinajstić information content (AvgIpc) is 3.47. The van der Waals surface area contributed by atoms with Gasteiger partial charge >= 0.3 is 18.0 Å². The second-order valence-electron chi connectivity index (χ2n) is 9.44. The van der Waals surface area contributed by atoms with Gasteiger partial charge in [0.15, 0.2) is 17.5 Å². The van der Waals surface area contributed by atoms with E-state index in [-0.39, 0.29) is 53.5 Å². The van der Waals surface area contributed by atoms with Crippen LogP contribution in [-0.4, -0.2) is 48.1 Å². The van der Waals surface area contributed by atoms with Gasteiger partial charge in [-0.05, 0) is 38.5 Å². The molecule has 2 unspecified atom stereocenters. The summed E-state index contributed by atoms with van der Waals surface area (Å²) in [4.78, 5) is 28.8. The molecule has 1 aromatic carbocycles. The van der Waals surface area contributed by atoms with Gasteiger partial charge in [0.25, 0.3) is 5.56 Å². The first-order chi connectivity index (χ1) is 16.7. The maximum absolute atomic E-state index is 15.6. The summed E-state index contributed by atoms with van der Waals surface area (Å²) in [6, 6.07) is -1.67. The van der Waals surface area contributed by atoms with E-state index in [9.17, 15) is 35.9 Å². The molecule has 2 atom stereocenters. The van der Waals surface area contributed by atoms with E-state index in [2.05, 4.69) is 4.98 Å². The minimum Gasteiger partial charge on any atom is -0.492 e. The van der Waals surface area contributed by atoms with Crippen LogP contribution in [0.5, 0.6) is 5.75 Å². The Kier molecular flexibility index (Phi) is 6.55. The molecule has 200 valence electrons. The van der Waals surface area contributed by atoms with E-state index in [1.807, 2.05) is 0 Å². The van der Waals surface area contributed by atoms with Crippen LogP contribution < -0.4 is 26.6 Å². The molecule has 1 aromatic heterocycles. The summed E-state index contributed by atoms with van der Waals surface area (Å²) in [6.45, 7) is 1.31. The molecule has 1 saturated carbocycles. The predicted molar refractivity (Wildman–Crippen MR) is 117 cm³/mol. The maximum atomic E-state index is 15.6. The largest absolute Gasteiger partial charge is 0.492 e. The van der Waals surface area contributed by atoms with Gasteiger partial charge in [0.2, 0.25) is 0 Å². The number of fused-ring (bicyclic) bond motifs is 1. The lowest BCUT2D eigenvalue weighted by atomic mass is 9.89. The molecule has 1 aliphatic heterocycles. The van der Waals surface area contributed by atoms with Crippen LogP contribution in [0.15, 0.2) is 9.59 Å². The number of aromatic nitrogens is 2. The van der Waals surface area contributed by atoms with E-state index in [4.69, 9.17) is 10.5 Å². The number of rotatable bonds is 6. The van der Waals surface area contributed by atoms with Crippen LogP contribution in [0.4, 0.5) is 36.4 Å². The Hall–Kier alpha value is -2.77. The van der Waals surface area contributed by atoms with Crippen molar-refractivity contribution in [1.29, 1.82) is 0 Å². The zero-order valence-electron chi connectivity index (χ0n) is 19.4. The van der Waals surface area contributed by atoms with Crippen molar-refractivity contribution >= 4 is 16.6 Å². The van der Waals surface area contributed by atoms with Crippen molar-refractivity contribution in [2.45, 2.75) is 57.0 Å². The second kappa shape index (κ2) is 8.96. The summed E-state index contributed by atoms with van der Waals surface area (Å²) in [5.74, 6) is -5.28. The van der Waals surface area contributed by atoms with Crippen molar-refractivity contribution in [2.24, 2.45) is 17.6 Å². The van der Waals surface area contributed by atoms with Crippen LogP contribution in [0, 0.1) is 24.6 Å². The monoisotopic (exact) mass is 526 g/mol. The summed E-state index contributed by atoms with van der Waals surface area (Å²) in [7, 11) is 1.23. The molecule has 1 saturated heterocycles. The molecule has 0 amide bonds. The Labute approximate surface area is 200 Å². The SMILES string of the molecule is COc1c(N2CCC(C(N)CC(C(F)(F)F)C(F)(F)F)C2)c(F)c(C)c2c(=O)[nH]c(=O)n(C3CC3)c12.